The van der Waals surface area contributed by atoms with Gasteiger partial charge in [0.15, 0.2) is 5.96 Å². The van der Waals surface area contributed by atoms with Gasteiger partial charge in [0.2, 0.25) is 0 Å². The molecule has 1 atom stereocenters. The van der Waals surface area contributed by atoms with Gasteiger partial charge < -0.3 is 15.4 Å². The molecule has 1 aliphatic heterocycles. The van der Waals surface area contributed by atoms with Crippen molar-refractivity contribution >= 4 is 16.8 Å². The lowest BCUT2D eigenvalue weighted by atomic mass is 10.4. The second-order valence-corrected chi connectivity index (χ2v) is 6.19. The minimum absolute atomic E-state index is 0.0725. The third-order valence-corrected chi connectivity index (χ3v) is 5.04. The van der Waals surface area contributed by atoms with Gasteiger partial charge in [-0.3, -0.25) is 9.20 Å². The SMILES string of the molecule is CS(=O)C1(CN=C(N)N2CCOCC2)CC1. The van der Waals surface area contributed by atoms with E-state index < -0.39 is 10.8 Å². The Hall–Kier alpha value is -0.620. The van der Waals surface area contributed by atoms with Gasteiger partial charge in [0.1, 0.15) is 0 Å². The summed E-state index contributed by atoms with van der Waals surface area (Å²) in [6.07, 6.45) is 3.78. The summed E-state index contributed by atoms with van der Waals surface area (Å²) in [6, 6.07) is 0. The van der Waals surface area contributed by atoms with Gasteiger partial charge in [0, 0.05) is 30.1 Å². The van der Waals surface area contributed by atoms with Gasteiger partial charge >= 0.3 is 0 Å². The van der Waals surface area contributed by atoms with Crippen molar-refractivity contribution in [3.05, 3.63) is 0 Å². The van der Waals surface area contributed by atoms with Crippen LogP contribution in [-0.2, 0) is 15.5 Å². The van der Waals surface area contributed by atoms with E-state index in [4.69, 9.17) is 10.5 Å². The second kappa shape index (κ2) is 4.71. The Morgan fingerprint density at radius 1 is 1.50 bits per heavy atom. The molecule has 2 fully saturated rings. The van der Waals surface area contributed by atoms with Crippen LogP contribution in [0.3, 0.4) is 0 Å². The van der Waals surface area contributed by atoms with E-state index in [9.17, 15) is 4.21 Å². The third kappa shape index (κ3) is 2.55. The minimum atomic E-state index is -0.792. The van der Waals surface area contributed by atoms with E-state index in [1.165, 1.54) is 0 Å². The van der Waals surface area contributed by atoms with E-state index in [2.05, 4.69) is 4.99 Å². The number of guanidine groups is 1. The maximum Gasteiger partial charge on any atom is 0.191 e. The number of nitrogens with two attached hydrogens (primary N) is 1. The predicted octanol–water partition coefficient (Wildman–Crippen LogP) is -0.456. The van der Waals surface area contributed by atoms with Crippen molar-refractivity contribution in [3.63, 3.8) is 0 Å². The molecule has 5 nitrogen and oxygen atoms in total. The molecule has 6 heteroatoms. The molecule has 0 amide bonds. The van der Waals surface area contributed by atoms with Crippen LogP contribution in [0.1, 0.15) is 12.8 Å². The highest BCUT2D eigenvalue weighted by Crippen LogP contribution is 2.41. The lowest BCUT2D eigenvalue weighted by molar-refractivity contribution is 0.0674. The fraction of sp³-hybridized carbons (Fsp3) is 0.900. The quantitative estimate of drug-likeness (QED) is 0.540. The summed E-state index contributed by atoms with van der Waals surface area (Å²) in [6.45, 7) is 3.62. The lowest BCUT2D eigenvalue weighted by Crippen LogP contribution is -2.45. The molecule has 0 aromatic heterocycles. The number of morpholine rings is 1. The average Bonchev–Trinajstić information content (AvgIpc) is 3.08. The van der Waals surface area contributed by atoms with Gasteiger partial charge in [-0.2, -0.15) is 0 Å². The Kier molecular flexibility index (Phi) is 3.49. The molecule has 16 heavy (non-hydrogen) atoms. The monoisotopic (exact) mass is 245 g/mol. The predicted molar refractivity (Wildman–Crippen MR) is 64.9 cm³/mol. The summed E-state index contributed by atoms with van der Waals surface area (Å²) in [5, 5.41) is 0. The van der Waals surface area contributed by atoms with E-state index in [-0.39, 0.29) is 4.75 Å². The van der Waals surface area contributed by atoms with Crippen LogP contribution in [0.15, 0.2) is 4.99 Å². The van der Waals surface area contributed by atoms with Crippen molar-refractivity contribution in [3.8, 4) is 0 Å². The minimum Gasteiger partial charge on any atom is -0.378 e. The number of hydrogen-bond donors (Lipinski definition) is 1. The Labute approximate surface area is 98.5 Å². The maximum atomic E-state index is 11.5. The molecule has 1 unspecified atom stereocenters. The first-order chi connectivity index (χ1) is 7.64. The van der Waals surface area contributed by atoms with Crippen LogP contribution in [0.4, 0.5) is 0 Å². The van der Waals surface area contributed by atoms with Crippen LogP contribution in [-0.4, -0.2) is 58.9 Å². The molecule has 1 saturated carbocycles. The van der Waals surface area contributed by atoms with Gasteiger partial charge in [-0.1, -0.05) is 0 Å². The highest BCUT2D eigenvalue weighted by atomic mass is 32.2. The van der Waals surface area contributed by atoms with Gasteiger partial charge in [-0.15, -0.1) is 0 Å². The molecule has 1 heterocycles. The fourth-order valence-corrected chi connectivity index (χ4v) is 2.72. The highest BCUT2D eigenvalue weighted by molar-refractivity contribution is 7.86. The van der Waals surface area contributed by atoms with Crippen LogP contribution in [0, 0.1) is 0 Å². The zero-order valence-electron chi connectivity index (χ0n) is 9.65. The first-order valence-electron chi connectivity index (χ1n) is 5.60. The molecular formula is C10H19N3O2S. The largest absolute Gasteiger partial charge is 0.378 e. The number of rotatable bonds is 3. The second-order valence-electron chi connectivity index (χ2n) is 4.41. The molecule has 0 aromatic carbocycles. The third-order valence-electron chi connectivity index (χ3n) is 3.28. The van der Waals surface area contributed by atoms with Crippen LogP contribution in [0.5, 0.6) is 0 Å². The Morgan fingerprint density at radius 2 is 2.12 bits per heavy atom. The molecule has 2 rings (SSSR count). The molecular weight excluding hydrogens is 226 g/mol. The summed E-state index contributed by atoms with van der Waals surface area (Å²) in [4.78, 5) is 6.40. The van der Waals surface area contributed by atoms with Crippen LogP contribution < -0.4 is 5.73 Å². The van der Waals surface area contributed by atoms with Crippen molar-refractivity contribution in [1.82, 2.24) is 4.90 Å². The van der Waals surface area contributed by atoms with E-state index in [0.29, 0.717) is 25.7 Å². The van der Waals surface area contributed by atoms with Gasteiger partial charge in [-0.05, 0) is 12.8 Å². The van der Waals surface area contributed by atoms with Crippen LogP contribution in [0.2, 0.25) is 0 Å². The van der Waals surface area contributed by atoms with Crippen LogP contribution >= 0.6 is 0 Å². The number of nitrogens with zero attached hydrogens (tertiary/aromatic N) is 2. The Bertz CT molecular complexity index is 309. The molecule has 2 aliphatic rings. The zero-order valence-corrected chi connectivity index (χ0v) is 10.5. The zero-order chi connectivity index (χ0) is 11.6. The van der Waals surface area contributed by atoms with Crippen molar-refractivity contribution in [1.29, 1.82) is 0 Å². The summed E-state index contributed by atoms with van der Waals surface area (Å²) in [5.41, 5.74) is 5.90. The normalized spacial score (nSPS) is 26.6. The van der Waals surface area contributed by atoms with E-state index in [1.54, 1.807) is 6.26 Å². The summed E-state index contributed by atoms with van der Waals surface area (Å²) in [7, 11) is -0.792. The first kappa shape index (κ1) is 11.9. The molecule has 1 saturated heterocycles. The van der Waals surface area contributed by atoms with E-state index in [0.717, 1.165) is 25.9 Å². The molecule has 0 bridgehead atoms. The summed E-state index contributed by atoms with van der Waals surface area (Å²) < 4.78 is 16.7. The lowest BCUT2D eigenvalue weighted by Gasteiger charge is -2.27. The molecule has 0 aromatic rings. The number of hydrogen-bond acceptors (Lipinski definition) is 3. The van der Waals surface area contributed by atoms with E-state index >= 15 is 0 Å². The molecule has 92 valence electrons. The molecule has 1 aliphatic carbocycles. The number of aliphatic imine (C=N–C) groups is 1. The molecule has 0 spiro atoms. The van der Waals surface area contributed by atoms with Crippen molar-refractivity contribution in [2.24, 2.45) is 10.7 Å². The number of ether oxygens (including phenoxy) is 1. The van der Waals surface area contributed by atoms with E-state index in [1.807, 2.05) is 4.90 Å². The van der Waals surface area contributed by atoms with Gasteiger partial charge in [0.25, 0.3) is 0 Å². The molecule has 2 N–H and O–H groups in total. The van der Waals surface area contributed by atoms with Crippen molar-refractivity contribution < 1.29 is 8.95 Å². The standard InChI is InChI=1S/C10H19N3O2S/c1-16(14)10(2-3-10)8-12-9(11)13-4-6-15-7-5-13/h2-8H2,1H3,(H2,11,12). The fourth-order valence-electron chi connectivity index (χ4n) is 1.79. The summed E-state index contributed by atoms with van der Waals surface area (Å²) in [5.74, 6) is 0.569. The van der Waals surface area contributed by atoms with Gasteiger partial charge in [0.05, 0.1) is 24.5 Å². The topological polar surface area (TPSA) is 67.9 Å². The van der Waals surface area contributed by atoms with Crippen LogP contribution in [0.25, 0.3) is 0 Å². The highest BCUT2D eigenvalue weighted by Gasteiger charge is 2.46. The maximum absolute atomic E-state index is 11.5. The Morgan fingerprint density at radius 3 is 2.62 bits per heavy atom. The summed E-state index contributed by atoms with van der Waals surface area (Å²) >= 11 is 0. The first-order valence-corrected chi connectivity index (χ1v) is 7.16. The average molecular weight is 245 g/mol. The smallest absolute Gasteiger partial charge is 0.191 e. The van der Waals surface area contributed by atoms with Gasteiger partial charge in [-0.25, -0.2) is 0 Å². The molecule has 0 radical (unpaired) electrons. The Balaban J connectivity index is 1.89. The van der Waals surface area contributed by atoms with Crippen molar-refractivity contribution in [2.45, 2.75) is 17.6 Å². The van der Waals surface area contributed by atoms with Crippen molar-refractivity contribution in [2.75, 3.05) is 39.1 Å².